The molecule has 0 aliphatic heterocycles. The summed E-state index contributed by atoms with van der Waals surface area (Å²) in [6, 6.07) is 4.60. The maximum Gasteiger partial charge on any atom is 0.323 e. The van der Waals surface area contributed by atoms with Gasteiger partial charge >= 0.3 is 5.97 Å². The van der Waals surface area contributed by atoms with Crippen LogP contribution < -0.4 is 0 Å². The summed E-state index contributed by atoms with van der Waals surface area (Å²) >= 11 is 0. The second kappa shape index (κ2) is 5.86. The molecule has 1 rings (SSSR count). The molecule has 0 heterocycles. The lowest BCUT2D eigenvalue weighted by Gasteiger charge is -2.19. The standard InChI is InChI=1S/C13H15NO4/c1-3-6-14(8-12(16)17)13(18)10-7-9(2)4-5-11(10)15/h3-5,7,15H,1,6,8H2,2H3,(H,16,17). The van der Waals surface area contributed by atoms with Crippen molar-refractivity contribution in [1.82, 2.24) is 4.90 Å². The van der Waals surface area contributed by atoms with Crippen LogP contribution in [0.2, 0.25) is 0 Å². The molecule has 1 aromatic carbocycles. The van der Waals surface area contributed by atoms with E-state index >= 15 is 0 Å². The minimum atomic E-state index is -1.11. The lowest BCUT2D eigenvalue weighted by molar-refractivity contribution is -0.137. The molecule has 1 aromatic rings. The van der Waals surface area contributed by atoms with Crippen LogP contribution in [0.25, 0.3) is 0 Å². The van der Waals surface area contributed by atoms with Crippen molar-refractivity contribution in [3.8, 4) is 5.75 Å². The average molecular weight is 249 g/mol. The number of phenolic OH excluding ortho intramolecular Hbond substituents is 1. The summed E-state index contributed by atoms with van der Waals surface area (Å²) in [6.45, 7) is 4.93. The van der Waals surface area contributed by atoms with Crippen molar-refractivity contribution in [2.24, 2.45) is 0 Å². The van der Waals surface area contributed by atoms with Crippen LogP contribution in [0.1, 0.15) is 15.9 Å². The molecule has 0 unspecified atom stereocenters. The number of aryl methyl sites for hydroxylation is 1. The summed E-state index contributed by atoms with van der Waals surface area (Å²) in [5.41, 5.74) is 0.906. The number of aliphatic carboxylic acids is 1. The maximum atomic E-state index is 12.1. The Balaban J connectivity index is 3.04. The minimum absolute atomic E-state index is 0.0955. The van der Waals surface area contributed by atoms with E-state index in [1.165, 1.54) is 18.2 Å². The second-order valence-electron chi connectivity index (χ2n) is 3.89. The fourth-order valence-corrected chi connectivity index (χ4v) is 1.53. The van der Waals surface area contributed by atoms with Crippen molar-refractivity contribution in [1.29, 1.82) is 0 Å². The first-order valence-corrected chi connectivity index (χ1v) is 5.37. The monoisotopic (exact) mass is 249 g/mol. The van der Waals surface area contributed by atoms with Gasteiger partial charge in [-0.25, -0.2) is 0 Å². The van der Waals surface area contributed by atoms with Gasteiger partial charge in [-0.05, 0) is 19.1 Å². The summed E-state index contributed by atoms with van der Waals surface area (Å²) < 4.78 is 0. The molecule has 0 fully saturated rings. The number of hydrogen-bond donors (Lipinski definition) is 2. The fourth-order valence-electron chi connectivity index (χ4n) is 1.53. The predicted octanol–water partition coefficient (Wildman–Crippen LogP) is 1.41. The van der Waals surface area contributed by atoms with E-state index in [0.29, 0.717) is 0 Å². The Hall–Kier alpha value is -2.30. The van der Waals surface area contributed by atoms with Gasteiger partial charge in [-0.15, -0.1) is 6.58 Å². The molecule has 5 nitrogen and oxygen atoms in total. The fraction of sp³-hybridized carbons (Fsp3) is 0.231. The minimum Gasteiger partial charge on any atom is -0.507 e. The summed E-state index contributed by atoms with van der Waals surface area (Å²) in [7, 11) is 0. The van der Waals surface area contributed by atoms with Crippen molar-refractivity contribution in [2.45, 2.75) is 6.92 Å². The van der Waals surface area contributed by atoms with Gasteiger partial charge in [0.2, 0.25) is 0 Å². The number of amides is 1. The zero-order valence-corrected chi connectivity index (χ0v) is 10.1. The lowest BCUT2D eigenvalue weighted by atomic mass is 10.1. The summed E-state index contributed by atoms with van der Waals surface area (Å²) in [5, 5.41) is 18.4. The number of nitrogens with zero attached hydrogens (tertiary/aromatic N) is 1. The van der Waals surface area contributed by atoms with E-state index in [0.717, 1.165) is 10.5 Å². The number of rotatable bonds is 5. The van der Waals surface area contributed by atoms with Gasteiger partial charge in [0, 0.05) is 6.54 Å². The summed E-state index contributed by atoms with van der Waals surface area (Å²) in [6.07, 6.45) is 1.44. The van der Waals surface area contributed by atoms with Crippen LogP contribution in [0, 0.1) is 6.92 Å². The van der Waals surface area contributed by atoms with Gasteiger partial charge in [0.1, 0.15) is 12.3 Å². The first-order valence-electron chi connectivity index (χ1n) is 5.37. The molecule has 0 radical (unpaired) electrons. The van der Waals surface area contributed by atoms with Crippen LogP contribution in [-0.4, -0.2) is 40.1 Å². The highest BCUT2D eigenvalue weighted by Gasteiger charge is 2.20. The van der Waals surface area contributed by atoms with Gasteiger partial charge in [0.25, 0.3) is 5.91 Å². The van der Waals surface area contributed by atoms with E-state index in [1.54, 1.807) is 13.0 Å². The molecule has 5 heteroatoms. The first kappa shape index (κ1) is 13.8. The Morgan fingerprint density at radius 2 is 2.11 bits per heavy atom. The molecule has 0 aliphatic rings. The highest BCUT2D eigenvalue weighted by Crippen LogP contribution is 2.20. The molecule has 18 heavy (non-hydrogen) atoms. The number of carboxylic acids is 1. The summed E-state index contributed by atoms with van der Waals surface area (Å²) in [4.78, 5) is 23.9. The van der Waals surface area contributed by atoms with Crippen LogP contribution in [0.5, 0.6) is 5.75 Å². The Kier molecular flexibility index (Phi) is 4.48. The second-order valence-corrected chi connectivity index (χ2v) is 3.89. The third kappa shape index (κ3) is 3.35. The van der Waals surface area contributed by atoms with E-state index in [9.17, 15) is 14.7 Å². The molecule has 0 aromatic heterocycles. The molecule has 0 saturated heterocycles. The number of carboxylic acid groups (broad SMARTS) is 1. The van der Waals surface area contributed by atoms with E-state index in [4.69, 9.17) is 5.11 Å². The van der Waals surface area contributed by atoms with E-state index < -0.39 is 18.4 Å². The highest BCUT2D eigenvalue weighted by molar-refractivity contribution is 5.98. The number of phenols is 1. The van der Waals surface area contributed by atoms with Crippen LogP contribution in [0.4, 0.5) is 0 Å². The van der Waals surface area contributed by atoms with Gasteiger partial charge in [-0.3, -0.25) is 9.59 Å². The van der Waals surface area contributed by atoms with Crippen molar-refractivity contribution in [2.75, 3.05) is 13.1 Å². The van der Waals surface area contributed by atoms with E-state index in [-0.39, 0.29) is 17.9 Å². The van der Waals surface area contributed by atoms with E-state index in [2.05, 4.69) is 6.58 Å². The molecular weight excluding hydrogens is 234 g/mol. The highest BCUT2D eigenvalue weighted by atomic mass is 16.4. The third-order valence-electron chi connectivity index (χ3n) is 2.35. The quantitative estimate of drug-likeness (QED) is 0.773. The van der Waals surface area contributed by atoms with Crippen LogP contribution in [0.3, 0.4) is 0 Å². The van der Waals surface area contributed by atoms with Crippen LogP contribution >= 0.6 is 0 Å². The first-order chi connectivity index (χ1) is 8.45. The molecule has 0 saturated carbocycles. The molecule has 2 N–H and O–H groups in total. The number of benzene rings is 1. The average Bonchev–Trinajstić information content (AvgIpc) is 2.30. The van der Waals surface area contributed by atoms with Crippen LogP contribution in [-0.2, 0) is 4.79 Å². The molecule has 0 aliphatic carbocycles. The van der Waals surface area contributed by atoms with Crippen molar-refractivity contribution in [3.63, 3.8) is 0 Å². The number of carbonyl (C=O) groups is 2. The van der Waals surface area contributed by atoms with Crippen molar-refractivity contribution < 1.29 is 19.8 Å². The molecule has 0 atom stereocenters. The van der Waals surface area contributed by atoms with Gasteiger partial charge in [0.05, 0.1) is 5.56 Å². The maximum absolute atomic E-state index is 12.1. The normalized spacial score (nSPS) is 9.83. The molecule has 0 bridgehead atoms. The van der Waals surface area contributed by atoms with Crippen molar-refractivity contribution >= 4 is 11.9 Å². The third-order valence-corrected chi connectivity index (χ3v) is 2.35. The zero-order chi connectivity index (χ0) is 13.7. The van der Waals surface area contributed by atoms with Gasteiger partial charge < -0.3 is 15.1 Å². The SMILES string of the molecule is C=CCN(CC(=O)O)C(=O)c1cc(C)ccc1O. The van der Waals surface area contributed by atoms with E-state index in [1.807, 2.05) is 0 Å². The number of aromatic hydroxyl groups is 1. The van der Waals surface area contributed by atoms with Gasteiger partial charge in [0.15, 0.2) is 0 Å². The van der Waals surface area contributed by atoms with Crippen molar-refractivity contribution in [3.05, 3.63) is 42.0 Å². The topological polar surface area (TPSA) is 77.8 Å². The Morgan fingerprint density at radius 3 is 2.67 bits per heavy atom. The van der Waals surface area contributed by atoms with Crippen LogP contribution in [0.15, 0.2) is 30.9 Å². The zero-order valence-electron chi connectivity index (χ0n) is 10.1. The Bertz CT molecular complexity index is 482. The molecule has 0 spiro atoms. The summed E-state index contributed by atoms with van der Waals surface area (Å²) in [5.74, 6) is -1.80. The lowest BCUT2D eigenvalue weighted by Crippen LogP contribution is -2.35. The smallest absolute Gasteiger partial charge is 0.323 e. The molecule has 96 valence electrons. The molecular formula is C13H15NO4. The molecule has 1 amide bonds. The largest absolute Gasteiger partial charge is 0.507 e. The van der Waals surface area contributed by atoms with Gasteiger partial charge in [-0.1, -0.05) is 17.7 Å². The Labute approximate surface area is 105 Å². The van der Waals surface area contributed by atoms with Gasteiger partial charge in [-0.2, -0.15) is 0 Å². The number of hydrogen-bond acceptors (Lipinski definition) is 3. The number of carbonyl (C=O) groups excluding carboxylic acids is 1. The predicted molar refractivity (Wildman–Crippen MR) is 66.6 cm³/mol. The Morgan fingerprint density at radius 1 is 1.44 bits per heavy atom.